The fourth-order valence-electron chi connectivity index (χ4n) is 0.735. The molecule has 2 unspecified atom stereocenters. The summed E-state index contributed by atoms with van der Waals surface area (Å²) in [6, 6.07) is 0. The Morgan fingerprint density at radius 1 is 1.45 bits per heavy atom. The van der Waals surface area contributed by atoms with Crippen molar-refractivity contribution in [1.82, 2.24) is 0 Å². The average Bonchev–Trinajstić information content (AvgIpc) is 1.99. The molecule has 0 heterocycles. The molecule has 0 saturated heterocycles. The van der Waals surface area contributed by atoms with Crippen LogP contribution in [0.3, 0.4) is 0 Å². The Morgan fingerprint density at radius 2 is 2.00 bits per heavy atom. The van der Waals surface area contributed by atoms with Crippen molar-refractivity contribution < 1.29 is 14.3 Å². The van der Waals surface area contributed by atoms with Gasteiger partial charge in [-0.1, -0.05) is 13.8 Å². The maximum atomic E-state index is 11.9. The largest absolute Gasteiger partial charge is 0.481 e. The van der Waals surface area contributed by atoms with Crippen LogP contribution in [0.2, 0.25) is 0 Å². The number of alkyl halides is 1. The second-order valence-electron chi connectivity index (χ2n) is 3.08. The highest BCUT2D eigenvalue weighted by atomic mass is 19.1. The van der Waals surface area contributed by atoms with E-state index < -0.39 is 5.97 Å². The zero-order chi connectivity index (χ0) is 8.85. The number of carboxylic acid groups (broad SMARTS) is 1. The summed E-state index contributed by atoms with van der Waals surface area (Å²) < 4.78 is 11.9. The smallest absolute Gasteiger partial charge is 0.306 e. The normalized spacial score (nSPS) is 15.9. The predicted octanol–water partition coefficient (Wildman–Crippen LogP) is 2.09. The van der Waals surface area contributed by atoms with Gasteiger partial charge in [-0.05, 0) is 18.8 Å². The lowest BCUT2D eigenvalue weighted by molar-refractivity contribution is -0.141. The summed E-state index contributed by atoms with van der Waals surface area (Å²) in [5.74, 6) is -1.14. The van der Waals surface area contributed by atoms with Gasteiger partial charge in [0.25, 0.3) is 0 Å². The van der Waals surface area contributed by atoms with Crippen LogP contribution in [0.25, 0.3) is 0 Å². The zero-order valence-corrected chi connectivity index (χ0v) is 7.01. The lowest BCUT2D eigenvalue weighted by atomic mass is 9.99. The molecule has 0 aliphatic carbocycles. The van der Waals surface area contributed by atoms with Crippen molar-refractivity contribution in [3.8, 4) is 0 Å². The Kier molecular flexibility index (Phi) is 4.83. The molecule has 3 heteroatoms. The first-order chi connectivity index (χ1) is 5.07. The van der Waals surface area contributed by atoms with E-state index in [1.165, 1.54) is 0 Å². The lowest BCUT2D eigenvalue weighted by Crippen LogP contribution is -2.11. The van der Waals surface area contributed by atoms with Crippen LogP contribution in [0.1, 0.15) is 26.7 Å². The Labute approximate surface area is 66.4 Å². The van der Waals surface area contributed by atoms with E-state index in [1.54, 1.807) is 13.8 Å². The minimum atomic E-state index is -0.795. The number of carbonyl (C=O) groups is 1. The van der Waals surface area contributed by atoms with E-state index in [0.29, 0.717) is 12.8 Å². The summed E-state index contributed by atoms with van der Waals surface area (Å²) in [5.41, 5.74) is 0. The molecule has 0 aliphatic rings. The summed E-state index contributed by atoms with van der Waals surface area (Å²) in [6.45, 7) is 3.08. The van der Waals surface area contributed by atoms with Gasteiger partial charge in [-0.2, -0.15) is 0 Å². The third-order valence-corrected chi connectivity index (χ3v) is 1.78. The Hall–Kier alpha value is -0.600. The van der Waals surface area contributed by atoms with Crippen LogP contribution in [0.5, 0.6) is 0 Å². The average molecular weight is 162 g/mol. The third kappa shape index (κ3) is 4.76. The van der Waals surface area contributed by atoms with Crippen molar-refractivity contribution in [3.63, 3.8) is 0 Å². The summed E-state index contributed by atoms with van der Waals surface area (Å²) in [6.07, 6.45) is 1.23. The number of hydrogen-bond acceptors (Lipinski definition) is 1. The molecule has 0 radical (unpaired) electrons. The molecule has 2 atom stereocenters. The van der Waals surface area contributed by atoms with E-state index in [1.807, 2.05) is 0 Å². The summed E-state index contributed by atoms with van der Waals surface area (Å²) in [4.78, 5) is 10.3. The minimum absolute atomic E-state index is 0.00296. The van der Waals surface area contributed by atoms with Crippen molar-refractivity contribution in [3.05, 3.63) is 0 Å². The second kappa shape index (κ2) is 5.10. The van der Waals surface area contributed by atoms with Crippen LogP contribution in [0.15, 0.2) is 0 Å². The van der Waals surface area contributed by atoms with Crippen LogP contribution < -0.4 is 0 Å². The first-order valence-electron chi connectivity index (χ1n) is 3.86. The van der Waals surface area contributed by atoms with Gasteiger partial charge >= 0.3 is 5.97 Å². The van der Waals surface area contributed by atoms with Gasteiger partial charge < -0.3 is 5.11 Å². The highest BCUT2D eigenvalue weighted by molar-refractivity contribution is 5.69. The summed E-state index contributed by atoms with van der Waals surface area (Å²) in [5, 5.41) is 8.47. The number of rotatable bonds is 5. The highest BCUT2D eigenvalue weighted by Gasteiger charge is 2.12. The molecule has 0 amide bonds. The number of halogens is 1. The van der Waals surface area contributed by atoms with E-state index in [0.717, 1.165) is 0 Å². The van der Waals surface area contributed by atoms with Crippen molar-refractivity contribution in [1.29, 1.82) is 0 Å². The molecule has 11 heavy (non-hydrogen) atoms. The SMILES string of the molecule is CC(CF)CCC(C)C(=O)O. The second-order valence-corrected chi connectivity index (χ2v) is 3.08. The molecule has 0 aromatic carbocycles. The first kappa shape index (κ1) is 10.4. The van der Waals surface area contributed by atoms with E-state index in [4.69, 9.17) is 5.11 Å². The quantitative estimate of drug-likeness (QED) is 0.672. The molecule has 0 aliphatic heterocycles. The van der Waals surface area contributed by atoms with Crippen molar-refractivity contribution in [2.75, 3.05) is 6.67 Å². The van der Waals surface area contributed by atoms with Gasteiger partial charge in [-0.25, -0.2) is 0 Å². The molecule has 0 bridgehead atoms. The van der Waals surface area contributed by atoms with Crippen LogP contribution in [-0.4, -0.2) is 17.8 Å². The fourth-order valence-corrected chi connectivity index (χ4v) is 0.735. The topological polar surface area (TPSA) is 37.3 Å². The monoisotopic (exact) mass is 162 g/mol. The summed E-state index contributed by atoms with van der Waals surface area (Å²) in [7, 11) is 0. The van der Waals surface area contributed by atoms with E-state index in [9.17, 15) is 9.18 Å². The molecule has 0 saturated carbocycles. The molecule has 2 nitrogen and oxygen atoms in total. The number of carboxylic acids is 1. The van der Waals surface area contributed by atoms with Crippen LogP contribution in [0.4, 0.5) is 4.39 Å². The molecule has 0 aromatic rings. The standard InChI is InChI=1S/C8H15FO2/c1-6(5-9)3-4-7(2)8(10)11/h6-7H,3-5H2,1-2H3,(H,10,11). The maximum absolute atomic E-state index is 11.9. The molecular weight excluding hydrogens is 147 g/mol. The third-order valence-electron chi connectivity index (χ3n) is 1.78. The molecule has 66 valence electrons. The van der Waals surface area contributed by atoms with Gasteiger partial charge in [-0.3, -0.25) is 9.18 Å². The zero-order valence-electron chi connectivity index (χ0n) is 7.01. The number of aliphatic carboxylic acids is 1. The highest BCUT2D eigenvalue weighted by Crippen LogP contribution is 2.12. The van der Waals surface area contributed by atoms with Crippen molar-refractivity contribution in [2.24, 2.45) is 11.8 Å². The van der Waals surface area contributed by atoms with Crippen LogP contribution >= 0.6 is 0 Å². The van der Waals surface area contributed by atoms with E-state index >= 15 is 0 Å². The van der Waals surface area contributed by atoms with Crippen LogP contribution in [-0.2, 0) is 4.79 Å². The molecule has 0 spiro atoms. The lowest BCUT2D eigenvalue weighted by Gasteiger charge is -2.08. The fraction of sp³-hybridized carbons (Fsp3) is 0.875. The van der Waals surface area contributed by atoms with Gasteiger partial charge in [0, 0.05) is 0 Å². The molecule has 1 N–H and O–H groups in total. The first-order valence-corrected chi connectivity index (χ1v) is 3.86. The molecule has 0 rings (SSSR count). The molecule has 0 aromatic heterocycles. The number of hydrogen-bond donors (Lipinski definition) is 1. The Bertz CT molecular complexity index is 125. The summed E-state index contributed by atoms with van der Waals surface area (Å²) >= 11 is 0. The molecule has 0 fully saturated rings. The Balaban J connectivity index is 3.45. The maximum Gasteiger partial charge on any atom is 0.306 e. The molecular formula is C8H15FO2. The van der Waals surface area contributed by atoms with Gasteiger partial charge in [0.1, 0.15) is 0 Å². The Morgan fingerprint density at radius 3 is 2.36 bits per heavy atom. The van der Waals surface area contributed by atoms with Gasteiger partial charge in [-0.15, -0.1) is 0 Å². The van der Waals surface area contributed by atoms with Gasteiger partial charge in [0.15, 0.2) is 0 Å². The predicted molar refractivity (Wildman–Crippen MR) is 41.2 cm³/mol. The van der Waals surface area contributed by atoms with Crippen LogP contribution in [0, 0.1) is 11.8 Å². The van der Waals surface area contributed by atoms with Gasteiger partial charge in [0.2, 0.25) is 0 Å². The van der Waals surface area contributed by atoms with Gasteiger partial charge in [0.05, 0.1) is 12.6 Å². The van der Waals surface area contributed by atoms with E-state index in [2.05, 4.69) is 0 Å². The van der Waals surface area contributed by atoms with Crippen molar-refractivity contribution in [2.45, 2.75) is 26.7 Å². The van der Waals surface area contributed by atoms with Crippen molar-refractivity contribution >= 4 is 5.97 Å². The minimum Gasteiger partial charge on any atom is -0.481 e. The van der Waals surface area contributed by atoms with E-state index in [-0.39, 0.29) is 18.5 Å².